The zero-order valence-corrected chi connectivity index (χ0v) is 8.56. The van der Waals surface area contributed by atoms with Crippen molar-refractivity contribution in [1.82, 2.24) is 0 Å². The first-order valence-corrected chi connectivity index (χ1v) is 4.35. The second-order valence-corrected chi connectivity index (χ2v) is 3.51. The van der Waals surface area contributed by atoms with E-state index in [2.05, 4.69) is 15.9 Å². The Morgan fingerprint density at radius 3 is 2.27 bits per heavy atom. The third-order valence-electron chi connectivity index (χ3n) is 1.62. The van der Waals surface area contributed by atoms with Gasteiger partial charge in [0.25, 0.3) is 0 Å². The number of hydrogen-bond acceptors (Lipinski definition) is 2. The maximum atomic E-state index is 12.2. The molecule has 15 heavy (non-hydrogen) atoms. The normalized spacial score (nSPS) is 11.5. The van der Waals surface area contributed by atoms with Gasteiger partial charge in [-0.3, -0.25) is 0 Å². The molecule has 0 aliphatic rings. The Bertz CT molecular complexity index is 414. The van der Waals surface area contributed by atoms with E-state index >= 15 is 0 Å². The SMILES string of the molecule is O=C(O)c1cc(C(F)(F)F)cc(Br)c1O. The van der Waals surface area contributed by atoms with E-state index in [-0.39, 0.29) is 4.47 Å². The quantitative estimate of drug-likeness (QED) is 0.834. The molecule has 0 saturated heterocycles. The molecule has 0 spiro atoms. The Balaban J connectivity index is 3.43. The highest BCUT2D eigenvalue weighted by Gasteiger charge is 2.32. The molecule has 0 amide bonds. The first kappa shape index (κ1) is 11.8. The summed E-state index contributed by atoms with van der Waals surface area (Å²) in [5, 5.41) is 17.7. The van der Waals surface area contributed by atoms with Crippen molar-refractivity contribution < 1.29 is 28.2 Å². The van der Waals surface area contributed by atoms with Crippen LogP contribution < -0.4 is 0 Å². The van der Waals surface area contributed by atoms with Crippen LogP contribution in [0.5, 0.6) is 5.75 Å². The zero-order chi connectivity index (χ0) is 11.8. The van der Waals surface area contributed by atoms with Gasteiger partial charge in [-0.05, 0) is 28.1 Å². The molecule has 2 N–H and O–H groups in total. The molecule has 0 aliphatic heterocycles. The second-order valence-electron chi connectivity index (χ2n) is 2.66. The number of phenols is 1. The van der Waals surface area contributed by atoms with Crippen molar-refractivity contribution in [2.75, 3.05) is 0 Å². The molecular weight excluding hydrogens is 281 g/mol. The van der Waals surface area contributed by atoms with E-state index in [4.69, 9.17) is 10.2 Å². The molecule has 0 fully saturated rings. The minimum atomic E-state index is -4.65. The molecule has 0 bridgehead atoms. The zero-order valence-electron chi connectivity index (χ0n) is 6.97. The van der Waals surface area contributed by atoms with Gasteiger partial charge in [-0.2, -0.15) is 13.2 Å². The summed E-state index contributed by atoms with van der Waals surface area (Å²) >= 11 is 2.64. The fraction of sp³-hybridized carbons (Fsp3) is 0.125. The van der Waals surface area contributed by atoms with Gasteiger partial charge in [0.15, 0.2) is 0 Å². The second kappa shape index (κ2) is 3.73. The molecule has 0 aliphatic carbocycles. The van der Waals surface area contributed by atoms with Crippen LogP contribution in [0.15, 0.2) is 16.6 Å². The van der Waals surface area contributed by atoms with E-state index in [0.717, 1.165) is 0 Å². The van der Waals surface area contributed by atoms with Crippen molar-refractivity contribution in [3.63, 3.8) is 0 Å². The molecule has 0 atom stereocenters. The number of rotatable bonds is 1. The molecule has 0 saturated carbocycles. The van der Waals surface area contributed by atoms with Gasteiger partial charge in [0.05, 0.1) is 10.0 Å². The Morgan fingerprint density at radius 1 is 1.33 bits per heavy atom. The Hall–Kier alpha value is -1.24. The molecule has 0 radical (unpaired) electrons. The van der Waals surface area contributed by atoms with Gasteiger partial charge in [-0.1, -0.05) is 0 Å². The summed E-state index contributed by atoms with van der Waals surface area (Å²) in [6, 6.07) is 0.990. The lowest BCUT2D eigenvalue weighted by Gasteiger charge is -2.09. The first-order chi connectivity index (χ1) is 6.73. The number of carboxylic acids is 1. The highest BCUT2D eigenvalue weighted by atomic mass is 79.9. The number of alkyl halides is 3. The minimum absolute atomic E-state index is 0.310. The highest BCUT2D eigenvalue weighted by Crippen LogP contribution is 2.36. The molecule has 7 heteroatoms. The number of carboxylic acid groups (broad SMARTS) is 1. The molecular formula is C8H4BrF3O3. The molecule has 0 heterocycles. The van der Waals surface area contributed by atoms with Crippen molar-refractivity contribution >= 4 is 21.9 Å². The standard InChI is InChI=1S/C8H4BrF3O3/c9-5-2-3(8(10,11)12)1-4(6(5)13)7(14)15/h1-2,13H,(H,14,15). The van der Waals surface area contributed by atoms with Crippen LogP contribution in [-0.4, -0.2) is 16.2 Å². The van der Waals surface area contributed by atoms with Gasteiger partial charge in [0.2, 0.25) is 0 Å². The van der Waals surface area contributed by atoms with Crippen molar-refractivity contribution in [3.05, 3.63) is 27.7 Å². The summed E-state index contributed by atoms with van der Waals surface area (Å²) in [5.41, 5.74) is -1.93. The van der Waals surface area contributed by atoms with Crippen LogP contribution in [0.4, 0.5) is 13.2 Å². The number of aromatic carboxylic acids is 1. The number of halogens is 4. The average Bonchev–Trinajstić information content (AvgIpc) is 2.06. The van der Waals surface area contributed by atoms with Crippen LogP contribution in [-0.2, 0) is 6.18 Å². The van der Waals surface area contributed by atoms with Crippen molar-refractivity contribution in [2.24, 2.45) is 0 Å². The van der Waals surface area contributed by atoms with E-state index in [1.165, 1.54) is 0 Å². The maximum Gasteiger partial charge on any atom is 0.416 e. The van der Waals surface area contributed by atoms with Gasteiger partial charge < -0.3 is 10.2 Å². The monoisotopic (exact) mass is 284 g/mol. The number of aromatic hydroxyl groups is 1. The summed E-state index contributed by atoms with van der Waals surface area (Å²) in [6.07, 6.45) is -4.65. The fourth-order valence-electron chi connectivity index (χ4n) is 0.926. The predicted octanol–water partition coefficient (Wildman–Crippen LogP) is 2.87. The van der Waals surface area contributed by atoms with E-state index < -0.39 is 29.0 Å². The van der Waals surface area contributed by atoms with Gasteiger partial charge in [-0.25, -0.2) is 4.79 Å². The molecule has 1 aromatic rings. The van der Waals surface area contributed by atoms with E-state index in [0.29, 0.717) is 12.1 Å². The van der Waals surface area contributed by atoms with Crippen molar-refractivity contribution in [2.45, 2.75) is 6.18 Å². The lowest BCUT2D eigenvalue weighted by molar-refractivity contribution is -0.137. The lowest BCUT2D eigenvalue weighted by Crippen LogP contribution is -2.08. The molecule has 3 nitrogen and oxygen atoms in total. The van der Waals surface area contributed by atoms with Crippen molar-refractivity contribution in [1.29, 1.82) is 0 Å². The number of carbonyl (C=O) groups is 1. The van der Waals surface area contributed by atoms with Gasteiger partial charge >= 0.3 is 12.1 Å². The largest absolute Gasteiger partial charge is 0.506 e. The van der Waals surface area contributed by atoms with E-state index in [1.807, 2.05) is 0 Å². The number of hydrogen-bond donors (Lipinski definition) is 2. The molecule has 1 rings (SSSR count). The topological polar surface area (TPSA) is 57.5 Å². The van der Waals surface area contributed by atoms with E-state index in [1.54, 1.807) is 0 Å². The van der Waals surface area contributed by atoms with Crippen LogP contribution in [0.1, 0.15) is 15.9 Å². The molecule has 1 aromatic carbocycles. The summed E-state index contributed by atoms with van der Waals surface area (Å²) in [7, 11) is 0. The van der Waals surface area contributed by atoms with Crippen LogP contribution in [0.2, 0.25) is 0 Å². The average molecular weight is 285 g/mol. The van der Waals surface area contributed by atoms with Crippen molar-refractivity contribution in [3.8, 4) is 5.75 Å². The summed E-state index contributed by atoms with van der Waals surface area (Å²) in [4.78, 5) is 10.5. The van der Waals surface area contributed by atoms with Crippen LogP contribution in [0.25, 0.3) is 0 Å². The van der Waals surface area contributed by atoms with Crippen LogP contribution in [0.3, 0.4) is 0 Å². The Kier molecular flexibility index (Phi) is 2.94. The highest BCUT2D eigenvalue weighted by molar-refractivity contribution is 9.10. The van der Waals surface area contributed by atoms with Crippen LogP contribution in [0, 0.1) is 0 Å². The molecule has 82 valence electrons. The Labute approximate surface area is 90.3 Å². The summed E-state index contributed by atoms with van der Waals surface area (Å²) in [5.74, 6) is -2.35. The predicted molar refractivity (Wildman–Crippen MR) is 47.8 cm³/mol. The van der Waals surface area contributed by atoms with Gasteiger partial charge in [0, 0.05) is 0 Å². The minimum Gasteiger partial charge on any atom is -0.506 e. The third-order valence-corrected chi connectivity index (χ3v) is 2.23. The van der Waals surface area contributed by atoms with E-state index in [9.17, 15) is 18.0 Å². The first-order valence-electron chi connectivity index (χ1n) is 3.56. The van der Waals surface area contributed by atoms with Gasteiger partial charge in [-0.15, -0.1) is 0 Å². The Morgan fingerprint density at radius 2 is 1.87 bits per heavy atom. The summed E-state index contributed by atoms with van der Waals surface area (Å²) < 4.78 is 36.4. The molecule has 0 unspecified atom stereocenters. The maximum absolute atomic E-state index is 12.2. The lowest BCUT2D eigenvalue weighted by atomic mass is 10.1. The summed E-state index contributed by atoms with van der Waals surface area (Å²) in [6.45, 7) is 0. The molecule has 0 aromatic heterocycles. The number of benzene rings is 1. The van der Waals surface area contributed by atoms with Gasteiger partial charge in [0.1, 0.15) is 11.3 Å². The smallest absolute Gasteiger partial charge is 0.416 e. The van der Waals surface area contributed by atoms with Crippen LogP contribution >= 0.6 is 15.9 Å². The fourth-order valence-corrected chi connectivity index (χ4v) is 1.39. The third kappa shape index (κ3) is 2.41.